The van der Waals surface area contributed by atoms with Crippen LogP contribution in [-0.4, -0.2) is 16.7 Å². The summed E-state index contributed by atoms with van der Waals surface area (Å²) in [6.45, 7) is 7.45. The Labute approximate surface area is 127 Å². The van der Waals surface area contributed by atoms with Crippen LogP contribution in [0.4, 0.5) is 5.82 Å². The summed E-state index contributed by atoms with van der Waals surface area (Å²) in [5.74, 6) is 3.18. The van der Waals surface area contributed by atoms with Crippen molar-refractivity contribution in [2.45, 2.75) is 40.2 Å². The first kappa shape index (κ1) is 15.4. The van der Waals surface area contributed by atoms with Crippen molar-refractivity contribution in [3.05, 3.63) is 30.1 Å². The summed E-state index contributed by atoms with van der Waals surface area (Å²) >= 11 is 0. The van der Waals surface area contributed by atoms with Crippen LogP contribution in [0.15, 0.2) is 24.3 Å². The summed E-state index contributed by atoms with van der Waals surface area (Å²) in [5, 5.41) is 0. The topological polar surface area (TPSA) is 53.1 Å². The van der Waals surface area contributed by atoms with E-state index in [0.29, 0.717) is 5.92 Å². The highest BCUT2D eigenvalue weighted by molar-refractivity contribution is 5.72. The van der Waals surface area contributed by atoms with Crippen LogP contribution in [0.25, 0.3) is 11.3 Å². The van der Waals surface area contributed by atoms with Crippen LogP contribution < -0.4 is 10.5 Å². The van der Waals surface area contributed by atoms with E-state index in [1.54, 1.807) is 7.11 Å². The predicted molar refractivity (Wildman–Crippen MR) is 87.5 cm³/mol. The van der Waals surface area contributed by atoms with E-state index in [2.05, 4.69) is 25.3 Å². The fourth-order valence-electron chi connectivity index (χ4n) is 2.48. The van der Waals surface area contributed by atoms with Gasteiger partial charge in [0.1, 0.15) is 23.1 Å². The summed E-state index contributed by atoms with van der Waals surface area (Å²) in [7, 11) is 1.67. The van der Waals surface area contributed by atoms with E-state index < -0.39 is 0 Å². The van der Waals surface area contributed by atoms with Gasteiger partial charge >= 0.3 is 0 Å². The van der Waals surface area contributed by atoms with Crippen molar-refractivity contribution < 1.29 is 4.74 Å². The summed E-state index contributed by atoms with van der Waals surface area (Å²) in [6, 6.07) is 7.90. The molecule has 1 heterocycles. The molecule has 0 radical (unpaired) electrons. The molecule has 0 unspecified atom stereocenters. The Balaban J connectivity index is 2.48. The Kier molecular flexibility index (Phi) is 4.89. The van der Waals surface area contributed by atoms with Crippen LogP contribution in [0.5, 0.6) is 5.75 Å². The van der Waals surface area contributed by atoms with Gasteiger partial charge in [0.05, 0.1) is 7.11 Å². The number of benzene rings is 1. The van der Waals surface area contributed by atoms with E-state index in [1.807, 2.05) is 24.3 Å². The molecule has 4 heteroatoms. The van der Waals surface area contributed by atoms with E-state index >= 15 is 0 Å². The first-order valence-corrected chi connectivity index (χ1v) is 7.56. The molecule has 21 heavy (non-hydrogen) atoms. The van der Waals surface area contributed by atoms with Gasteiger partial charge in [-0.1, -0.05) is 32.9 Å². The third kappa shape index (κ3) is 3.38. The highest BCUT2D eigenvalue weighted by Crippen LogP contribution is 2.30. The second-order valence-corrected chi connectivity index (χ2v) is 5.75. The standard InChI is InChI=1S/C17H25N3O/c1-5-7-15-19-16(17(18)20(15)11-12(2)3)13-8-6-9-14(10-13)21-4/h6,8-10,12H,5,7,11,18H2,1-4H3. The minimum Gasteiger partial charge on any atom is -0.497 e. The third-order valence-corrected chi connectivity index (χ3v) is 3.45. The molecule has 0 fully saturated rings. The van der Waals surface area contributed by atoms with Gasteiger partial charge in [0.2, 0.25) is 0 Å². The van der Waals surface area contributed by atoms with Crippen LogP contribution in [0.3, 0.4) is 0 Å². The Hall–Kier alpha value is -1.97. The molecule has 0 aliphatic carbocycles. The third-order valence-electron chi connectivity index (χ3n) is 3.45. The zero-order valence-electron chi connectivity index (χ0n) is 13.4. The van der Waals surface area contributed by atoms with Crippen LogP contribution in [0.2, 0.25) is 0 Å². The van der Waals surface area contributed by atoms with Gasteiger partial charge in [0.15, 0.2) is 0 Å². The van der Waals surface area contributed by atoms with Crippen LogP contribution >= 0.6 is 0 Å². The van der Waals surface area contributed by atoms with Gasteiger partial charge < -0.3 is 15.0 Å². The lowest BCUT2D eigenvalue weighted by Gasteiger charge is -2.12. The van der Waals surface area contributed by atoms with E-state index in [1.165, 1.54) is 0 Å². The highest BCUT2D eigenvalue weighted by Gasteiger charge is 2.16. The number of rotatable bonds is 6. The maximum absolute atomic E-state index is 6.37. The number of nitrogen functional groups attached to an aromatic ring is 1. The number of hydrogen-bond donors (Lipinski definition) is 1. The summed E-state index contributed by atoms with van der Waals surface area (Å²) < 4.78 is 7.45. The second kappa shape index (κ2) is 6.66. The largest absolute Gasteiger partial charge is 0.497 e. The average Bonchev–Trinajstić information content (AvgIpc) is 2.76. The molecule has 0 amide bonds. The Morgan fingerprint density at radius 2 is 2.10 bits per heavy atom. The maximum Gasteiger partial charge on any atom is 0.131 e. The normalized spacial score (nSPS) is 11.1. The Morgan fingerprint density at radius 1 is 1.33 bits per heavy atom. The van der Waals surface area contributed by atoms with E-state index in [-0.39, 0.29) is 0 Å². The molecule has 0 spiro atoms. The molecule has 2 N–H and O–H groups in total. The molecule has 0 saturated carbocycles. The van der Waals surface area contributed by atoms with Gasteiger partial charge in [0.25, 0.3) is 0 Å². The molecule has 114 valence electrons. The number of aryl methyl sites for hydroxylation is 1. The van der Waals surface area contributed by atoms with Crippen molar-refractivity contribution in [3.8, 4) is 17.0 Å². The quantitative estimate of drug-likeness (QED) is 0.880. The number of aromatic nitrogens is 2. The van der Waals surface area contributed by atoms with Crippen molar-refractivity contribution in [1.29, 1.82) is 0 Å². The molecule has 0 aliphatic heterocycles. The van der Waals surface area contributed by atoms with Gasteiger partial charge in [-0.2, -0.15) is 0 Å². The van der Waals surface area contributed by atoms with Crippen LogP contribution in [-0.2, 0) is 13.0 Å². The molecule has 0 saturated heterocycles. The van der Waals surface area contributed by atoms with Crippen molar-refractivity contribution in [1.82, 2.24) is 9.55 Å². The van der Waals surface area contributed by atoms with Crippen molar-refractivity contribution in [2.24, 2.45) is 5.92 Å². The lowest BCUT2D eigenvalue weighted by Crippen LogP contribution is -2.11. The fraction of sp³-hybridized carbons (Fsp3) is 0.471. The second-order valence-electron chi connectivity index (χ2n) is 5.75. The van der Waals surface area contributed by atoms with Gasteiger partial charge in [-0.15, -0.1) is 0 Å². The first-order valence-electron chi connectivity index (χ1n) is 7.56. The minimum atomic E-state index is 0.537. The first-order chi connectivity index (χ1) is 10.1. The average molecular weight is 287 g/mol. The summed E-state index contributed by atoms with van der Waals surface area (Å²) in [4.78, 5) is 4.78. The lowest BCUT2D eigenvalue weighted by atomic mass is 10.1. The molecule has 0 aliphatic rings. The molecule has 2 aromatic rings. The van der Waals surface area contributed by atoms with Gasteiger partial charge in [-0.3, -0.25) is 0 Å². The number of hydrogen-bond acceptors (Lipinski definition) is 3. The molecular weight excluding hydrogens is 262 g/mol. The fourth-order valence-corrected chi connectivity index (χ4v) is 2.48. The number of imidazole rings is 1. The van der Waals surface area contributed by atoms with Gasteiger partial charge in [-0.25, -0.2) is 4.98 Å². The number of anilines is 1. The number of nitrogens with two attached hydrogens (primary N) is 1. The summed E-state index contributed by atoms with van der Waals surface area (Å²) in [6.07, 6.45) is 2.01. The monoisotopic (exact) mass is 287 g/mol. The predicted octanol–water partition coefficient (Wildman–Crippen LogP) is 3.75. The SMILES string of the molecule is CCCc1nc(-c2cccc(OC)c2)c(N)n1CC(C)C. The molecule has 0 bridgehead atoms. The highest BCUT2D eigenvalue weighted by atomic mass is 16.5. The van der Waals surface area contributed by atoms with E-state index in [0.717, 1.165) is 48.0 Å². The maximum atomic E-state index is 6.37. The molecule has 2 rings (SSSR count). The zero-order valence-corrected chi connectivity index (χ0v) is 13.4. The molecule has 0 atom stereocenters. The Morgan fingerprint density at radius 3 is 2.71 bits per heavy atom. The van der Waals surface area contributed by atoms with E-state index in [4.69, 9.17) is 15.5 Å². The number of methoxy groups -OCH3 is 1. The Bertz CT molecular complexity index is 602. The molecule has 1 aromatic heterocycles. The van der Waals surface area contributed by atoms with Crippen LogP contribution in [0.1, 0.15) is 33.0 Å². The van der Waals surface area contributed by atoms with E-state index in [9.17, 15) is 0 Å². The van der Waals surface area contributed by atoms with Crippen molar-refractivity contribution in [3.63, 3.8) is 0 Å². The lowest BCUT2D eigenvalue weighted by molar-refractivity contribution is 0.415. The van der Waals surface area contributed by atoms with Gasteiger partial charge in [0, 0.05) is 18.5 Å². The minimum absolute atomic E-state index is 0.537. The molecule has 1 aromatic carbocycles. The number of nitrogens with zero attached hydrogens (tertiary/aromatic N) is 2. The molecule has 4 nitrogen and oxygen atoms in total. The van der Waals surface area contributed by atoms with Crippen LogP contribution in [0, 0.1) is 5.92 Å². The van der Waals surface area contributed by atoms with Crippen molar-refractivity contribution >= 4 is 5.82 Å². The molecular formula is C17H25N3O. The summed E-state index contributed by atoms with van der Waals surface area (Å²) in [5.41, 5.74) is 8.23. The number of ether oxygens (including phenoxy) is 1. The van der Waals surface area contributed by atoms with Crippen molar-refractivity contribution in [2.75, 3.05) is 12.8 Å². The smallest absolute Gasteiger partial charge is 0.131 e. The van der Waals surface area contributed by atoms with Gasteiger partial charge in [-0.05, 0) is 24.5 Å². The zero-order chi connectivity index (χ0) is 15.4.